The average Bonchev–Trinajstić information content (AvgIpc) is 3.04. The van der Waals surface area contributed by atoms with E-state index in [9.17, 15) is 9.59 Å². The second-order valence-electron chi connectivity index (χ2n) is 5.46. The summed E-state index contributed by atoms with van der Waals surface area (Å²) in [4.78, 5) is 29.9. The summed E-state index contributed by atoms with van der Waals surface area (Å²) in [6.07, 6.45) is 0. The Morgan fingerprint density at radius 1 is 1.33 bits per heavy atom. The van der Waals surface area contributed by atoms with Crippen LogP contribution in [0, 0.1) is 12.8 Å². The maximum atomic E-state index is 12.2. The van der Waals surface area contributed by atoms with Crippen LogP contribution in [0.25, 0.3) is 0 Å². The summed E-state index contributed by atoms with van der Waals surface area (Å²) >= 11 is 3.20. The first-order chi connectivity index (χ1) is 11.5. The zero-order valence-electron chi connectivity index (χ0n) is 13.2. The molecule has 0 saturated carbocycles. The molecule has 6 nitrogen and oxygen atoms in total. The summed E-state index contributed by atoms with van der Waals surface area (Å²) in [5.41, 5.74) is 0.996. The second kappa shape index (κ2) is 6.78. The first kappa shape index (κ1) is 16.7. The van der Waals surface area contributed by atoms with E-state index < -0.39 is 23.6 Å². The number of hydroxylamine groups is 1. The molecular weight excluding hydrogens is 378 g/mol. The van der Waals surface area contributed by atoms with E-state index in [1.54, 1.807) is 18.1 Å². The number of esters is 1. The Hall–Kier alpha value is -2.12. The summed E-state index contributed by atoms with van der Waals surface area (Å²) in [5, 5.41) is 1.59. The standard InChI is InChI=1S/C17H16BrNO5/c1-10-8-13(24-17(21)14(10)18)15-12(16(20)22-2)9-23-19(15)11-6-4-3-5-7-11/h3-8,12,15H,9H2,1-2H3/t12?,15-/m1/s1. The molecule has 0 spiro atoms. The van der Waals surface area contributed by atoms with Crippen molar-refractivity contribution in [1.82, 2.24) is 0 Å². The maximum Gasteiger partial charge on any atom is 0.350 e. The third kappa shape index (κ3) is 2.97. The van der Waals surface area contributed by atoms with Gasteiger partial charge in [-0.25, -0.2) is 9.86 Å². The number of carbonyl (C=O) groups excluding carboxylic acids is 1. The van der Waals surface area contributed by atoms with Gasteiger partial charge in [-0.05, 0) is 46.6 Å². The fraction of sp³-hybridized carbons (Fsp3) is 0.294. The molecule has 24 heavy (non-hydrogen) atoms. The molecule has 0 bridgehead atoms. The largest absolute Gasteiger partial charge is 0.469 e. The van der Waals surface area contributed by atoms with Crippen LogP contribution < -0.4 is 10.7 Å². The van der Waals surface area contributed by atoms with Gasteiger partial charge >= 0.3 is 11.6 Å². The van der Waals surface area contributed by atoms with E-state index in [2.05, 4.69) is 15.9 Å². The Morgan fingerprint density at radius 2 is 2.04 bits per heavy atom. The van der Waals surface area contributed by atoms with Gasteiger partial charge in [-0.1, -0.05) is 18.2 Å². The van der Waals surface area contributed by atoms with Crippen LogP contribution >= 0.6 is 15.9 Å². The first-order valence-corrected chi connectivity index (χ1v) is 8.17. The number of hydrogen-bond donors (Lipinski definition) is 0. The summed E-state index contributed by atoms with van der Waals surface area (Å²) < 4.78 is 10.7. The number of para-hydroxylation sites is 1. The van der Waals surface area contributed by atoms with E-state index in [0.29, 0.717) is 10.2 Å². The van der Waals surface area contributed by atoms with Crippen molar-refractivity contribution < 1.29 is 18.8 Å². The highest BCUT2D eigenvalue weighted by Crippen LogP contribution is 2.39. The van der Waals surface area contributed by atoms with Crippen molar-refractivity contribution >= 4 is 27.6 Å². The van der Waals surface area contributed by atoms with Gasteiger partial charge in [0, 0.05) is 0 Å². The quantitative estimate of drug-likeness (QED) is 0.746. The fourth-order valence-corrected chi connectivity index (χ4v) is 2.93. The van der Waals surface area contributed by atoms with Crippen LogP contribution in [0.5, 0.6) is 0 Å². The molecule has 0 N–H and O–H groups in total. The topological polar surface area (TPSA) is 69.0 Å². The highest BCUT2D eigenvalue weighted by atomic mass is 79.9. The lowest BCUT2D eigenvalue weighted by Crippen LogP contribution is -2.29. The molecule has 2 atom stereocenters. The molecule has 7 heteroatoms. The number of halogens is 1. The Kier molecular flexibility index (Phi) is 4.73. The van der Waals surface area contributed by atoms with E-state index in [1.165, 1.54) is 7.11 Å². The number of ether oxygens (including phenoxy) is 1. The smallest absolute Gasteiger partial charge is 0.350 e. The average molecular weight is 394 g/mol. The van der Waals surface area contributed by atoms with Crippen LogP contribution in [-0.4, -0.2) is 19.7 Å². The minimum Gasteiger partial charge on any atom is -0.469 e. The molecule has 3 rings (SSSR count). The Balaban J connectivity index is 2.09. The van der Waals surface area contributed by atoms with E-state index >= 15 is 0 Å². The van der Waals surface area contributed by atoms with E-state index in [4.69, 9.17) is 14.0 Å². The number of nitrogens with zero attached hydrogens (tertiary/aromatic N) is 1. The normalized spacial score (nSPS) is 20.2. The molecule has 1 unspecified atom stereocenters. The number of rotatable bonds is 3. The molecule has 1 aliphatic heterocycles. The van der Waals surface area contributed by atoms with E-state index in [-0.39, 0.29) is 6.61 Å². The summed E-state index contributed by atoms with van der Waals surface area (Å²) in [6.45, 7) is 1.94. The number of hydrogen-bond acceptors (Lipinski definition) is 6. The van der Waals surface area contributed by atoms with Crippen molar-refractivity contribution in [1.29, 1.82) is 0 Å². The predicted octanol–water partition coefficient (Wildman–Crippen LogP) is 2.99. The third-order valence-corrected chi connectivity index (χ3v) is 4.88. The zero-order chi connectivity index (χ0) is 17.3. The van der Waals surface area contributed by atoms with Crippen LogP contribution in [0.4, 0.5) is 5.69 Å². The molecule has 1 aromatic heterocycles. The monoisotopic (exact) mass is 393 g/mol. The van der Waals surface area contributed by atoms with Gasteiger partial charge in [0.25, 0.3) is 0 Å². The molecule has 1 aromatic carbocycles. The lowest BCUT2D eigenvalue weighted by molar-refractivity contribution is -0.145. The summed E-state index contributed by atoms with van der Waals surface area (Å²) in [5.74, 6) is -0.655. The highest BCUT2D eigenvalue weighted by Gasteiger charge is 2.44. The van der Waals surface area contributed by atoms with Gasteiger partial charge in [0.2, 0.25) is 0 Å². The van der Waals surface area contributed by atoms with Crippen molar-refractivity contribution in [2.24, 2.45) is 5.92 Å². The molecule has 1 aliphatic rings. The van der Waals surface area contributed by atoms with Crippen LogP contribution in [0.2, 0.25) is 0 Å². The lowest BCUT2D eigenvalue weighted by atomic mass is 9.98. The summed E-state index contributed by atoms with van der Waals surface area (Å²) in [7, 11) is 1.33. The van der Waals surface area contributed by atoms with Gasteiger partial charge in [-0.3, -0.25) is 9.63 Å². The molecule has 1 saturated heterocycles. The first-order valence-electron chi connectivity index (χ1n) is 7.38. The minimum absolute atomic E-state index is 0.144. The van der Waals surface area contributed by atoms with E-state index in [0.717, 1.165) is 11.3 Å². The fourth-order valence-electron chi connectivity index (χ4n) is 2.73. The van der Waals surface area contributed by atoms with Gasteiger partial charge in [-0.2, -0.15) is 0 Å². The van der Waals surface area contributed by atoms with Crippen LogP contribution in [0.15, 0.2) is 50.1 Å². The van der Waals surface area contributed by atoms with Crippen LogP contribution in [-0.2, 0) is 14.4 Å². The maximum absolute atomic E-state index is 12.2. The highest BCUT2D eigenvalue weighted by molar-refractivity contribution is 9.10. The SMILES string of the molecule is COC(=O)C1CON(c2ccccc2)[C@H]1c1cc(C)c(Br)c(=O)o1. The molecule has 2 aromatic rings. The molecule has 1 fully saturated rings. The molecule has 2 heterocycles. The van der Waals surface area contributed by atoms with Gasteiger partial charge < -0.3 is 9.15 Å². The summed E-state index contributed by atoms with van der Waals surface area (Å²) in [6, 6.07) is 10.5. The molecular formula is C17H16BrNO5. The van der Waals surface area contributed by atoms with Gasteiger partial charge in [0.05, 0.1) is 19.4 Å². The number of methoxy groups -OCH3 is 1. The zero-order valence-corrected chi connectivity index (χ0v) is 14.8. The molecule has 126 valence electrons. The van der Waals surface area contributed by atoms with Gasteiger partial charge in [0.15, 0.2) is 0 Å². The number of carbonyl (C=O) groups is 1. The number of aryl methyl sites for hydroxylation is 1. The van der Waals surface area contributed by atoms with Gasteiger partial charge in [-0.15, -0.1) is 0 Å². The molecule has 0 amide bonds. The van der Waals surface area contributed by atoms with E-state index in [1.807, 2.05) is 30.3 Å². The minimum atomic E-state index is -0.598. The Labute approximate surface area is 147 Å². The lowest BCUT2D eigenvalue weighted by Gasteiger charge is -2.25. The number of benzene rings is 1. The number of anilines is 1. The predicted molar refractivity (Wildman–Crippen MR) is 90.5 cm³/mol. The third-order valence-electron chi connectivity index (χ3n) is 3.93. The Morgan fingerprint density at radius 3 is 2.67 bits per heavy atom. The Bertz CT molecular complexity index is 804. The molecule has 0 radical (unpaired) electrons. The van der Waals surface area contributed by atoms with Crippen LogP contribution in [0.3, 0.4) is 0 Å². The van der Waals surface area contributed by atoms with Crippen molar-refractivity contribution in [3.63, 3.8) is 0 Å². The molecule has 0 aliphatic carbocycles. The van der Waals surface area contributed by atoms with Gasteiger partial charge in [0.1, 0.15) is 22.2 Å². The van der Waals surface area contributed by atoms with Crippen molar-refractivity contribution in [2.75, 3.05) is 18.8 Å². The second-order valence-corrected chi connectivity index (χ2v) is 6.26. The van der Waals surface area contributed by atoms with Crippen molar-refractivity contribution in [3.8, 4) is 0 Å². The van der Waals surface area contributed by atoms with Crippen molar-refractivity contribution in [2.45, 2.75) is 13.0 Å². The van der Waals surface area contributed by atoms with Crippen LogP contribution in [0.1, 0.15) is 17.4 Å². The van der Waals surface area contributed by atoms with Crippen molar-refractivity contribution in [3.05, 3.63) is 62.6 Å².